The molecule has 1 aliphatic rings. The lowest BCUT2D eigenvalue weighted by atomic mass is 10.2. The van der Waals surface area contributed by atoms with E-state index in [9.17, 15) is 9.18 Å². The normalized spacial score (nSPS) is 19.1. The molecule has 2 heterocycles. The van der Waals surface area contributed by atoms with E-state index in [1.54, 1.807) is 30.8 Å². The van der Waals surface area contributed by atoms with Crippen molar-refractivity contribution in [3.63, 3.8) is 0 Å². The Kier molecular flexibility index (Phi) is 4.39. The summed E-state index contributed by atoms with van der Waals surface area (Å²) in [5.41, 5.74) is 0.530. The van der Waals surface area contributed by atoms with Crippen molar-refractivity contribution < 1.29 is 13.7 Å². The van der Waals surface area contributed by atoms with E-state index in [4.69, 9.17) is 4.52 Å². The zero-order valence-electron chi connectivity index (χ0n) is 11.9. The number of amides is 1. The maximum atomic E-state index is 13.2. The Balaban J connectivity index is 1.68. The predicted molar refractivity (Wildman–Crippen MR) is 80.5 cm³/mol. The van der Waals surface area contributed by atoms with Gasteiger partial charge in [0.25, 0.3) is 0 Å². The van der Waals surface area contributed by atoms with Gasteiger partial charge in [-0.1, -0.05) is 17.3 Å². The van der Waals surface area contributed by atoms with Crippen LogP contribution in [0.15, 0.2) is 28.8 Å². The third-order valence-electron chi connectivity index (χ3n) is 3.29. The predicted octanol–water partition coefficient (Wildman–Crippen LogP) is 1.72. The Morgan fingerprint density at radius 3 is 3.18 bits per heavy atom. The molecule has 1 aromatic carbocycles. The van der Waals surface area contributed by atoms with Gasteiger partial charge in [0, 0.05) is 17.2 Å². The average molecular weight is 322 g/mol. The number of carbonyl (C=O) groups is 1. The second-order valence-corrected chi connectivity index (χ2v) is 6.00. The number of hydrogen-bond acceptors (Lipinski definition) is 6. The molecule has 116 valence electrons. The number of hydrogen-bond donors (Lipinski definition) is 2. The molecule has 0 aliphatic carbocycles. The van der Waals surface area contributed by atoms with Crippen LogP contribution in [-0.2, 0) is 4.79 Å². The third kappa shape index (κ3) is 3.28. The van der Waals surface area contributed by atoms with Crippen LogP contribution < -0.4 is 10.6 Å². The number of aromatic nitrogens is 2. The van der Waals surface area contributed by atoms with Crippen molar-refractivity contribution >= 4 is 17.7 Å². The van der Waals surface area contributed by atoms with Crippen LogP contribution >= 0.6 is 11.8 Å². The molecule has 2 N–H and O–H groups in total. The van der Waals surface area contributed by atoms with Crippen molar-refractivity contribution in [1.29, 1.82) is 0 Å². The number of rotatable bonds is 4. The summed E-state index contributed by atoms with van der Waals surface area (Å²) in [5.74, 6) is 1.65. The molecule has 0 radical (unpaired) electrons. The Morgan fingerprint density at radius 2 is 2.45 bits per heavy atom. The maximum Gasteiger partial charge on any atom is 0.249 e. The standard InChI is InChI=1S/C14H15FN4O2S/c1-8(17-13(20)11-6-22-7-16-11)14-18-12(19-21-14)9-3-2-4-10(15)5-9/h2-5,8,11,16H,6-7H2,1H3,(H,17,20)/t8-,11-/m0/s1. The highest BCUT2D eigenvalue weighted by molar-refractivity contribution is 7.99. The molecule has 8 heteroatoms. The van der Waals surface area contributed by atoms with Crippen molar-refractivity contribution in [3.05, 3.63) is 36.0 Å². The summed E-state index contributed by atoms with van der Waals surface area (Å²) >= 11 is 1.68. The minimum Gasteiger partial charge on any atom is -0.343 e. The van der Waals surface area contributed by atoms with Gasteiger partial charge >= 0.3 is 0 Å². The largest absolute Gasteiger partial charge is 0.343 e. The fraction of sp³-hybridized carbons (Fsp3) is 0.357. The summed E-state index contributed by atoms with van der Waals surface area (Å²) in [5, 5.41) is 9.75. The van der Waals surface area contributed by atoms with Crippen LogP contribution in [0.2, 0.25) is 0 Å². The zero-order chi connectivity index (χ0) is 15.5. The SMILES string of the molecule is C[C@H](NC(=O)[C@@H]1CSCN1)c1nc(-c2cccc(F)c2)no1. The van der Waals surface area contributed by atoms with Crippen molar-refractivity contribution in [2.45, 2.75) is 19.0 Å². The van der Waals surface area contributed by atoms with Gasteiger partial charge in [0.05, 0.1) is 6.04 Å². The molecular weight excluding hydrogens is 307 g/mol. The molecule has 0 bridgehead atoms. The van der Waals surface area contributed by atoms with E-state index < -0.39 is 6.04 Å². The summed E-state index contributed by atoms with van der Waals surface area (Å²) < 4.78 is 18.4. The van der Waals surface area contributed by atoms with Crippen LogP contribution in [0.1, 0.15) is 18.9 Å². The minimum atomic E-state index is -0.408. The summed E-state index contributed by atoms with van der Waals surface area (Å²) in [4.78, 5) is 16.2. The molecule has 6 nitrogen and oxygen atoms in total. The lowest BCUT2D eigenvalue weighted by Gasteiger charge is -2.13. The Morgan fingerprint density at radius 1 is 1.59 bits per heavy atom. The first-order chi connectivity index (χ1) is 10.6. The van der Waals surface area contributed by atoms with Crippen LogP contribution in [0.25, 0.3) is 11.4 Å². The highest BCUT2D eigenvalue weighted by atomic mass is 32.2. The summed E-state index contributed by atoms with van der Waals surface area (Å²) in [6, 6.07) is 5.35. The molecule has 2 atom stereocenters. The van der Waals surface area contributed by atoms with E-state index in [0.29, 0.717) is 17.3 Å². The van der Waals surface area contributed by atoms with Gasteiger partial charge in [-0.3, -0.25) is 10.1 Å². The fourth-order valence-electron chi connectivity index (χ4n) is 2.10. The molecule has 1 saturated heterocycles. The van der Waals surface area contributed by atoms with Gasteiger partial charge in [0.1, 0.15) is 11.9 Å². The fourth-order valence-corrected chi connectivity index (χ4v) is 3.04. The van der Waals surface area contributed by atoms with Crippen molar-refractivity contribution in [3.8, 4) is 11.4 Å². The summed E-state index contributed by atoms with van der Waals surface area (Å²) in [6.45, 7) is 1.77. The van der Waals surface area contributed by atoms with Crippen LogP contribution in [0.3, 0.4) is 0 Å². The van der Waals surface area contributed by atoms with E-state index in [1.165, 1.54) is 12.1 Å². The van der Waals surface area contributed by atoms with Gasteiger partial charge in [-0.15, -0.1) is 11.8 Å². The Hall–Kier alpha value is -1.93. The van der Waals surface area contributed by atoms with Crippen molar-refractivity contribution in [2.24, 2.45) is 0 Å². The lowest BCUT2D eigenvalue weighted by molar-refractivity contribution is -0.123. The second-order valence-electron chi connectivity index (χ2n) is 4.97. The summed E-state index contributed by atoms with van der Waals surface area (Å²) in [7, 11) is 0. The van der Waals surface area contributed by atoms with E-state index in [2.05, 4.69) is 20.8 Å². The van der Waals surface area contributed by atoms with Gasteiger partial charge in [-0.25, -0.2) is 4.39 Å². The molecule has 1 aliphatic heterocycles. The Bertz CT molecular complexity index is 672. The number of nitrogens with one attached hydrogen (secondary N) is 2. The lowest BCUT2D eigenvalue weighted by Crippen LogP contribution is -2.43. The molecule has 0 saturated carbocycles. The first-order valence-corrected chi connectivity index (χ1v) is 8.00. The van der Waals surface area contributed by atoms with E-state index in [-0.39, 0.29) is 17.8 Å². The number of nitrogens with zero attached hydrogens (tertiary/aromatic N) is 2. The molecule has 3 rings (SSSR count). The van der Waals surface area contributed by atoms with Crippen LogP contribution in [0.5, 0.6) is 0 Å². The third-order valence-corrected chi connectivity index (χ3v) is 4.23. The van der Waals surface area contributed by atoms with Crippen molar-refractivity contribution in [2.75, 3.05) is 11.6 Å². The zero-order valence-corrected chi connectivity index (χ0v) is 12.7. The molecule has 1 aromatic heterocycles. The smallest absolute Gasteiger partial charge is 0.249 e. The minimum absolute atomic E-state index is 0.0944. The van der Waals surface area contributed by atoms with Gasteiger partial charge in [-0.05, 0) is 19.1 Å². The Labute approximate surface area is 130 Å². The molecular formula is C14H15FN4O2S. The van der Waals surface area contributed by atoms with Crippen LogP contribution in [-0.4, -0.2) is 33.7 Å². The second kappa shape index (κ2) is 6.45. The monoisotopic (exact) mass is 322 g/mol. The molecule has 1 amide bonds. The number of halogens is 1. The van der Waals surface area contributed by atoms with E-state index in [0.717, 1.165) is 11.6 Å². The highest BCUT2D eigenvalue weighted by Crippen LogP contribution is 2.19. The first kappa shape index (κ1) is 15.0. The van der Waals surface area contributed by atoms with Gasteiger partial charge in [0.2, 0.25) is 17.6 Å². The number of thioether (sulfide) groups is 1. The van der Waals surface area contributed by atoms with Gasteiger partial charge in [-0.2, -0.15) is 4.98 Å². The molecule has 0 unspecified atom stereocenters. The van der Waals surface area contributed by atoms with Gasteiger partial charge < -0.3 is 9.84 Å². The highest BCUT2D eigenvalue weighted by Gasteiger charge is 2.25. The number of benzene rings is 1. The van der Waals surface area contributed by atoms with Crippen molar-refractivity contribution in [1.82, 2.24) is 20.8 Å². The van der Waals surface area contributed by atoms with E-state index in [1.807, 2.05) is 0 Å². The topological polar surface area (TPSA) is 80.0 Å². The maximum absolute atomic E-state index is 13.2. The molecule has 2 aromatic rings. The quantitative estimate of drug-likeness (QED) is 0.892. The van der Waals surface area contributed by atoms with Gasteiger partial charge in [0.15, 0.2) is 0 Å². The van der Waals surface area contributed by atoms with Crippen LogP contribution in [0, 0.1) is 5.82 Å². The first-order valence-electron chi connectivity index (χ1n) is 6.84. The van der Waals surface area contributed by atoms with E-state index >= 15 is 0 Å². The molecule has 22 heavy (non-hydrogen) atoms. The molecule has 1 fully saturated rings. The average Bonchev–Trinajstić information content (AvgIpc) is 3.19. The van der Waals surface area contributed by atoms with Crippen LogP contribution in [0.4, 0.5) is 4.39 Å². The summed E-state index contributed by atoms with van der Waals surface area (Å²) in [6.07, 6.45) is 0. The molecule has 0 spiro atoms. The number of carbonyl (C=O) groups excluding carboxylic acids is 1.